The second-order valence-corrected chi connectivity index (χ2v) is 16.8. The van der Waals surface area contributed by atoms with E-state index in [-0.39, 0.29) is 19.0 Å². The number of ether oxygens (including phenoxy) is 2. The predicted octanol–water partition coefficient (Wildman–Crippen LogP) is 14.2. The first kappa shape index (κ1) is 52.5. The van der Waals surface area contributed by atoms with Gasteiger partial charge in [-0.15, -0.1) is 0 Å². The van der Waals surface area contributed by atoms with Crippen LogP contribution >= 0.6 is 7.82 Å². The Bertz CT molecular complexity index is 937. The summed E-state index contributed by atoms with van der Waals surface area (Å²) in [6.45, 7) is 3.89. The Labute approximate surface area is 333 Å². The predicted molar refractivity (Wildman–Crippen MR) is 226 cm³/mol. The second kappa shape index (κ2) is 41.2. The van der Waals surface area contributed by atoms with Crippen molar-refractivity contribution in [2.45, 2.75) is 232 Å². The van der Waals surface area contributed by atoms with Crippen molar-refractivity contribution in [1.29, 1.82) is 0 Å². The minimum absolute atomic E-state index is 0.224. The summed E-state index contributed by atoms with van der Waals surface area (Å²) in [4.78, 5) is 34.5. The molecule has 0 aliphatic carbocycles. The van der Waals surface area contributed by atoms with Crippen LogP contribution in [0.4, 0.5) is 0 Å². The smallest absolute Gasteiger partial charge is 0.462 e. The molecule has 0 heterocycles. The Morgan fingerprint density at radius 3 is 1.31 bits per heavy atom. The van der Waals surface area contributed by atoms with E-state index in [1.165, 1.54) is 141 Å². The number of unbranched alkanes of at least 4 members (excludes halogenated alkanes) is 27. The number of hydrogen-bond donors (Lipinski definition) is 1. The molecule has 8 nitrogen and oxygen atoms in total. The van der Waals surface area contributed by atoms with Crippen molar-refractivity contribution in [3.05, 3.63) is 24.3 Å². The molecule has 0 aliphatic heterocycles. The third kappa shape index (κ3) is 40.2. The lowest BCUT2D eigenvalue weighted by Crippen LogP contribution is -2.29. The van der Waals surface area contributed by atoms with E-state index < -0.39 is 26.5 Å². The van der Waals surface area contributed by atoms with Gasteiger partial charge in [-0.1, -0.05) is 192 Å². The van der Waals surface area contributed by atoms with Crippen LogP contribution < -0.4 is 0 Å². The maximum Gasteiger partial charge on any atom is 0.472 e. The first-order valence-corrected chi connectivity index (χ1v) is 24.0. The first-order valence-electron chi connectivity index (χ1n) is 22.5. The Kier molecular flexibility index (Phi) is 40.1. The Hall–Kier alpha value is -1.47. The molecule has 0 saturated heterocycles. The molecule has 9 heteroatoms. The van der Waals surface area contributed by atoms with Gasteiger partial charge < -0.3 is 14.4 Å². The number of phosphoric acid groups is 1. The van der Waals surface area contributed by atoms with Crippen molar-refractivity contribution in [3.8, 4) is 0 Å². The highest BCUT2D eigenvalue weighted by atomic mass is 31.2. The molecule has 0 amide bonds. The molecule has 0 aromatic carbocycles. The highest BCUT2D eigenvalue weighted by Gasteiger charge is 2.24. The first-order chi connectivity index (χ1) is 26.3. The lowest BCUT2D eigenvalue weighted by atomic mass is 10.0. The van der Waals surface area contributed by atoms with Crippen molar-refractivity contribution >= 4 is 19.8 Å². The summed E-state index contributed by atoms with van der Waals surface area (Å²) in [5.74, 6) is -0.802. The molecule has 0 spiro atoms. The highest BCUT2D eigenvalue weighted by Crippen LogP contribution is 2.42. The zero-order chi connectivity index (χ0) is 39.6. The van der Waals surface area contributed by atoms with Gasteiger partial charge in [-0.25, -0.2) is 4.57 Å². The molecule has 0 rings (SSSR count). The third-order valence-electron chi connectivity index (χ3n) is 9.95. The fraction of sp³-hybridized carbons (Fsp3) is 0.867. The molecule has 0 aliphatic rings. The van der Waals surface area contributed by atoms with E-state index in [1.54, 1.807) is 0 Å². The van der Waals surface area contributed by atoms with Gasteiger partial charge >= 0.3 is 19.8 Å². The SMILES string of the molecule is CCCCCC/C=C\C/C=C\CCCCCCCCCC(=O)OC(COC(=O)CCCCCCCCCCCCCCCCCCC)COP(=O)(O)OC. The zero-order valence-corrected chi connectivity index (χ0v) is 36.3. The van der Waals surface area contributed by atoms with Gasteiger partial charge in [-0.2, -0.15) is 0 Å². The fourth-order valence-corrected chi connectivity index (χ4v) is 6.91. The number of esters is 2. The summed E-state index contributed by atoms with van der Waals surface area (Å²) in [7, 11) is -3.20. The lowest BCUT2D eigenvalue weighted by molar-refractivity contribution is -0.161. The van der Waals surface area contributed by atoms with E-state index >= 15 is 0 Å². The zero-order valence-electron chi connectivity index (χ0n) is 35.4. The van der Waals surface area contributed by atoms with Crippen molar-refractivity contribution in [2.75, 3.05) is 20.3 Å². The van der Waals surface area contributed by atoms with Crippen LogP contribution in [0.15, 0.2) is 24.3 Å². The molecule has 2 atom stereocenters. The van der Waals surface area contributed by atoms with Gasteiger partial charge in [0.25, 0.3) is 0 Å². The number of hydrogen-bond acceptors (Lipinski definition) is 7. The van der Waals surface area contributed by atoms with Gasteiger partial charge in [0.2, 0.25) is 0 Å². The van der Waals surface area contributed by atoms with Crippen molar-refractivity contribution in [2.24, 2.45) is 0 Å². The summed E-state index contributed by atoms with van der Waals surface area (Å²) >= 11 is 0. The van der Waals surface area contributed by atoms with Crippen molar-refractivity contribution in [3.63, 3.8) is 0 Å². The molecule has 1 N–H and O–H groups in total. The molecule has 0 bridgehead atoms. The van der Waals surface area contributed by atoms with Crippen LogP contribution in [0.2, 0.25) is 0 Å². The molecule has 54 heavy (non-hydrogen) atoms. The average molecular weight is 785 g/mol. The van der Waals surface area contributed by atoms with E-state index in [1.807, 2.05) is 0 Å². The quantitative estimate of drug-likeness (QED) is 0.0282. The topological polar surface area (TPSA) is 108 Å². The van der Waals surface area contributed by atoms with E-state index in [2.05, 4.69) is 42.7 Å². The van der Waals surface area contributed by atoms with Crippen molar-refractivity contribution < 1.29 is 37.6 Å². The lowest BCUT2D eigenvalue weighted by Gasteiger charge is -2.19. The number of carbonyl (C=O) groups is 2. The van der Waals surface area contributed by atoms with E-state index in [0.717, 1.165) is 58.5 Å². The van der Waals surface area contributed by atoms with Crippen LogP contribution in [0.3, 0.4) is 0 Å². The van der Waals surface area contributed by atoms with Crippen LogP contribution in [-0.4, -0.2) is 43.3 Å². The van der Waals surface area contributed by atoms with E-state index in [0.29, 0.717) is 12.8 Å². The summed E-state index contributed by atoms with van der Waals surface area (Å²) in [6.07, 6.45) is 46.5. The van der Waals surface area contributed by atoms with Crippen LogP contribution in [0, 0.1) is 0 Å². The molecule has 0 saturated carbocycles. The summed E-state index contributed by atoms with van der Waals surface area (Å²) in [5, 5.41) is 0. The molecule has 2 unspecified atom stereocenters. The Morgan fingerprint density at radius 2 is 0.889 bits per heavy atom. The van der Waals surface area contributed by atoms with Crippen molar-refractivity contribution in [1.82, 2.24) is 0 Å². The molecule has 0 radical (unpaired) electrons. The largest absolute Gasteiger partial charge is 0.472 e. The average Bonchev–Trinajstić information content (AvgIpc) is 3.16. The van der Waals surface area contributed by atoms with Gasteiger partial charge in [-0.05, 0) is 44.9 Å². The normalized spacial score (nSPS) is 13.5. The maximum atomic E-state index is 12.5. The second-order valence-electron chi connectivity index (χ2n) is 15.2. The Balaban J connectivity index is 3.96. The number of rotatable bonds is 42. The van der Waals surface area contributed by atoms with Crippen LogP contribution in [0.25, 0.3) is 0 Å². The molecule has 0 fully saturated rings. The van der Waals surface area contributed by atoms with Gasteiger partial charge in [0.05, 0.1) is 6.61 Å². The monoisotopic (exact) mass is 785 g/mol. The summed E-state index contributed by atoms with van der Waals surface area (Å²) in [6, 6.07) is 0. The summed E-state index contributed by atoms with van der Waals surface area (Å²) in [5.41, 5.74) is 0. The number of phosphoric ester groups is 1. The van der Waals surface area contributed by atoms with Gasteiger partial charge in [0.15, 0.2) is 6.10 Å². The van der Waals surface area contributed by atoms with E-state index in [4.69, 9.17) is 14.0 Å². The molecule has 0 aromatic heterocycles. The molecule has 0 aromatic rings. The minimum Gasteiger partial charge on any atom is -0.462 e. The van der Waals surface area contributed by atoms with Crippen LogP contribution in [-0.2, 0) is 32.7 Å². The van der Waals surface area contributed by atoms with Gasteiger partial charge in [0, 0.05) is 20.0 Å². The number of carbonyl (C=O) groups excluding carboxylic acids is 2. The van der Waals surface area contributed by atoms with Crippen LogP contribution in [0.1, 0.15) is 226 Å². The van der Waals surface area contributed by atoms with E-state index in [9.17, 15) is 19.0 Å². The van der Waals surface area contributed by atoms with Crippen LogP contribution in [0.5, 0.6) is 0 Å². The standard InChI is InChI=1S/C45H85O8P/c1-4-6-8-10-12-14-16-18-20-22-24-26-28-30-32-34-36-38-40-45(47)53-43(42-52-54(48,49)50-3)41-51-44(46)39-37-35-33-31-29-27-25-23-21-19-17-15-13-11-9-7-5-2/h14,16,20,22,43H,4-13,15,17-19,21,23-42H2,1-3H3,(H,48,49)/b16-14-,22-20-. The van der Waals surface area contributed by atoms with Gasteiger partial charge in [0.1, 0.15) is 6.61 Å². The molecular formula is C45H85O8P. The maximum absolute atomic E-state index is 12.5. The fourth-order valence-electron chi connectivity index (χ4n) is 6.45. The minimum atomic E-state index is -4.26. The molecule has 318 valence electrons. The molecular weight excluding hydrogens is 699 g/mol. The highest BCUT2D eigenvalue weighted by molar-refractivity contribution is 7.47. The number of allylic oxidation sites excluding steroid dienone is 4. The summed E-state index contributed by atoms with van der Waals surface area (Å²) < 4.78 is 32.0. The third-order valence-corrected chi connectivity index (χ3v) is 10.9. The van der Waals surface area contributed by atoms with Gasteiger partial charge in [-0.3, -0.25) is 18.6 Å². The Morgan fingerprint density at radius 1 is 0.519 bits per heavy atom.